The minimum Gasteiger partial charge on any atom is -0.338 e. The summed E-state index contributed by atoms with van der Waals surface area (Å²) >= 11 is 0. The molecule has 0 bridgehead atoms. The molecule has 0 radical (unpaired) electrons. The fraction of sp³-hybridized carbons (Fsp3) is 0.350. The van der Waals surface area contributed by atoms with Crippen LogP contribution in [0.4, 0.5) is 0 Å². The van der Waals surface area contributed by atoms with E-state index in [0.717, 1.165) is 31.5 Å². The fourth-order valence-corrected chi connectivity index (χ4v) is 3.82. The van der Waals surface area contributed by atoms with Crippen LogP contribution in [0.15, 0.2) is 42.5 Å². The number of nitrogens with two attached hydrogens (primary N) is 1. The Morgan fingerprint density at radius 1 is 1.17 bits per heavy atom. The van der Waals surface area contributed by atoms with Gasteiger partial charge in [0.1, 0.15) is 0 Å². The molecule has 1 aliphatic carbocycles. The summed E-state index contributed by atoms with van der Waals surface area (Å²) in [5.74, 6) is 0.140. The molecule has 1 amide bonds. The maximum Gasteiger partial charge on any atom is 0.253 e. The lowest BCUT2D eigenvalue weighted by atomic mass is 9.90. The van der Waals surface area contributed by atoms with Gasteiger partial charge in [-0.1, -0.05) is 37.3 Å². The molecule has 1 aliphatic heterocycles. The summed E-state index contributed by atoms with van der Waals surface area (Å²) in [7, 11) is 0. The zero-order chi connectivity index (χ0) is 16.0. The topological polar surface area (TPSA) is 46.3 Å². The van der Waals surface area contributed by atoms with Crippen LogP contribution in [0.5, 0.6) is 0 Å². The van der Waals surface area contributed by atoms with Gasteiger partial charge in [0.05, 0.1) is 0 Å². The summed E-state index contributed by atoms with van der Waals surface area (Å²) in [5, 5.41) is 0. The van der Waals surface area contributed by atoms with E-state index in [1.165, 1.54) is 22.3 Å². The number of rotatable bonds is 2. The van der Waals surface area contributed by atoms with Gasteiger partial charge in [0.15, 0.2) is 0 Å². The molecule has 2 aliphatic rings. The van der Waals surface area contributed by atoms with Crippen LogP contribution in [0, 0.1) is 5.41 Å². The van der Waals surface area contributed by atoms with Gasteiger partial charge in [0.2, 0.25) is 0 Å². The van der Waals surface area contributed by atoms with Gasteiger partial charge in [-0.25, -0.2) is 0 Å². The van der Waals surface area contributed by atoms with Crippen molar-refractivity contribution >= 4 is 18.3 Å². The number of carbonyl (C=O) groups is 1. The zero-order valence-electron chi connectivity index (χ0n) is 13.9. The first-order valence-corrected chi connectivity index (χ1v) is 8.30. The molecule has 4 rings (SSSR count). The zero-order valence-corrected chi connectivity index (χ0v) is 14.7. The van der Waals surface area contributed by atoms with E-state index in [1.54, 1.807) is 0 Å². The summed E-state index contributed by atoms with van der Waals surface area (Å²) in [6.07, 6.45) is 1.92. The number of benzene rings is 2. The maximum atomic E-state index is 12.8. The number of amides is 1. The van der Waals surface area contributed by atoms with Gasteiger partial charge in [-0.05, 0) is 59.2 Å². The number of nitrogens with zero attached hydrogens (tertiary/aromatic N) is 1. The Hall–Kier alpha value is -1.84. The van der Waals surface area contributed by atoms with E-state index in [9.17, 15) is 4.79 Å². The first kappa shape index (κ1) is 17.0. The van der Waals surface area contributed by atoms with Crippen molar-refractivity contribution in [3.63, 3.8) is 0 Å². The SMILES string of the molecule is CC1(CN)CCN(C(=O)c2ccc3c(c2)Cc2ccccc2-3)C1.Cl. The first-order chi connectivity index (χ1) is 11.1. The molecule has 0 aromatic heterocycles. The third-order valence-electron chi connectivity index (χ3n) is 5.38. The minimum atomic E-state index is 0. The monoisotopic (exact) mass is 342 g/mol. The van der Waals surface area contributed by atoms with Gasteiger partial charge in [0, 0.05) is 18.7 Å². The highest BCUT2D eigenvalue weighted by Gasteiger charge is 2.35. The van der Waals surface area contributed by atoms with E-state index in [4.69, 9.17) is 5.73 Å². The lowest BCUT2D eigenvalue weighted by molar-refractivity contribution is 0.0777. The van der Waals surface area contributed by atoms with Crippen LogP contribution in [0.25, 0.3) is 11.1 Å². The van der Waals surface area contributed by atoms with Gasteiger partial charge >= 0.3 is 0 Å². The molecular weight excluding hydrogens is 320 g/mol. The Balaban J connectivity index is 0.00000169. The standard InChI is InChI=1S/C20H22N2O.ClH/c1-20(12-21)8-9-22(13-20)19(23)15-6-7-18-16(11-15)10-14-4-2-3-5-17(14)18;/h2-7,11H,8-10,12-13,21H2,1H3;1H. The molecule has 0 saturated carbocycles. The number of halogens is 1. The van der Waals surface area contributed by atoms with Crippen LogP contribution in [-0.4, -0.2) is 30.4 Å². The average Bonchev–Trinajstić information content (AvgIpc) is 3.15. The second-order valence-electron chi connectivity index (χ2n) is 7.20. The van der Waals surface area contributed by atoms with Crippen molar-refractivity contribution in [2.45, 2.75) is 19.8 Å². The van der Waals surface area contributed by atoms with Crippen molar-refractivity contribution in [2.24, 2.45) is 11.1 Å². The summed E-state index contributed by atoms with van der Waals surface area (Å²) < 4.78 is 0. The van der Waals surface area contributed by atoms with Crippen LogP contribution < -0.4 is 5.73 Å². The average molecular weight is 343 g/mol. The van der Waals surface area contributed by atoms with Gasteiger partial charge in [-0.15, -0.1) is 12.4 Å². The number of fused-ring (bicyclic) bond motifs is 3. The first-order valence-electron chi connectivity index (χ1n) is 8.30. The van der Waals surface area contributed by atoms with Crippen molar-refractivity contribution < 1.29 is 4.79 Å². The highest BCUT2D eigenvalue weighted by Crippen LogP contribution is 2.37. The van der Waals surface area contributed by atoms with Crippen molar-refractivity contribution in [2.75, 3.05) is 19.6 Å². The smallest absolute Gasteiger partial charge is 0.253 e. The van der Waals surface area contributed by atoms with Crippen molar-refractivity contribution in [3.8, 4) is 11.1 Å². The number of likely N-dealkylation sites (tertiary alicyclic amines) is 1. The molecule has 2 N–H and O–H groups in total. The Morgan fingerprint density at radius 2 is 1.92 bits per heavy atom. The van der Waals surface area contributed by atoms with Crippen LogP contribution in [0.1, 0.15) is 34.8 Å². The molecule has 1 saturated heterocycles. The number of hydrogen-bond acceptors (Lipinski definition) is 2. The summed E-state index contributed by atoms with van der Waals surface area (Å²) in [4.78, 5) is 14.8. The van der Waals surface area contributed by atoms with E-state index in [-0.39, 0.29) is 23.7 Å². The van der Waals surface area contributed by atoms with Gasteiger partial charge in [0.25, 0.3) is 5.91 Å². The molecule has 0 spiro atoms. The van der Waals surface area contributed by atoms with Gasteiger partial charge < -0.3 is 10.6 Å². The van der Waals surface area contributed by atoms with Crippen molar-refractivity contribution in [3.05, 3.63) is 59.2 Å². The Bertz CT molecular complexity index is 789. The van der Waals surface area contributed by atoms with Crippen molar-refractivity contribution in [1.82, 2.24) is 4.90 Å². The van der Waals surface area contributed by atoms with E-state index in [1.807, 2.05) is 11.0 Å². The molecule has 4 heteroatoms. The molecule has 2 aromatic rings. The fourth-order valence-electron chi connectivity index (χ4n) is 3.82. The third kappa shape index (κ3) is 2.72. The highest BCUT2D eigenvalue weighted by molar-refractivity contribution is 5.96. The van der Waals surface area contributed by atoms with E-state index >= 15 is 0 Å². The van der Waals surface area contributed by atoms with Crippen LogP contribution in [-0.2, 0) is 6.42 Å². The van der Waals surface area contributed by atoms with Gasteiger partial charge in [-0.2, -0.15) is 0 Å². The Morgan fingerprint density at radius 3 is 2.67 bits per heavy atom. The van der Waals surface area contributed by atoms with Crippen LogP contribution >= 0.6 is 12.4 Å². The lowest BCUT2D eigenvalue weighted by Gasteiger charge is -2.22. The van der Waals surface area contributed by atoms with Crippen molar-refractivity contribution in [1.29, 1.82) is 0 Å². The van der Waals surface area contributed by atoms with E-state index < -0.39 is 0 Å². The Kier molecular flexibility index (Phi) is 4.41. The van der Waals surface area contributed by atoms with Crippen LogP contribution in [0.2, 0.25) is 0 Å². The minimum absolute atomic E-state index is 0. The quantitative estimate of drug-likeness (QED) is 0.775. The Labute approximate surface area is 149 Å². The summed E-state index contributed by atoms with van der Waals surface area (Å²) in [5.41, 5.74) is 11.9. The largest absolute Gasteiger partial charge is 0.338 e. The second kappa shape index (κ2) is 6.23. The van der Waals surface area contributed by atoms with E-state index in [0.29, 0.717) is 6.54 Å². The molecule has 1 unspecified atom stereocenters. The third-order valence-corrected chi connectivity index (χ3v) is 5.38. The highest BCUT2D eigenvalue weighted by atomic mass is 35.5. The lowest BCUT2D eigenvalue weighted by Crippen LogP contribution is -2.34. The molecule has 24 heavy (non-hydrogen) atoms. The predicted octanol–water partition coefficient (Wildman–Crippen LogP) is 3.49. The normalized spacial score (nSPS) is 21.2. The molecule has 1 fully saturated rings. The summed E-state index contributed by atoms with van der Waals surface area (Å²) in [6.45, 7) is 4.37. The number of carbonyl (C=O) groups excluding carboxylic acids is 1. The number of hydrogen-bond donors (Lipinski definition) is 1. The second-order valence-corrected chi connectivity index (χ2v) is 7.20. The molecule has 2 aromatic carbocycles. The summed E-state index contributed by atoms with van der Waals surface area (Å²) in [6, 6.07) is 14.6. The molecule has 126 valence electrons. The van der Waals surface area contributed by atoms with Crippen LogP contribution in [0.3, 0.4) is 0 Å². The molecule has 1 atom stereocenters. The van der Waals surface area contributed by atoms with Gasteiger partial charge in [-0.3, -0.25) is 4.79 Å². The molecule has 1 heterocycles. The predicted molar refractivity (Wildman–Crippen MR) is 99.6 cm³/mol. The van der Waals surface area contributed by atoms with E-state index in [2.05, 4.69) is 43.3 Å². The molecule has 3 nitrogen and oxygen atoms in total. The molecular formula is C20H23ClN2O. The maximum absolute atomic E-state index is 12.8.